The molecule has 0 spiro atoms. The highest BCUT2D eigenvalue weighted by atomic mass is 16.6. The number of rotatable bonds is 0. The lowest BCUT2D eigenvalue weighted by molar-refractivity contribution is 0.0902. The van der Waals surface area contributed by atoms with Crippen molar-refractivity contribution in [2.75, 3.05) is 13.2 Å². The van der Waals surface area contributed by atoms with Crippen molar-refractivity contribution >= 4 is 0 Å². The summed E-state index contributed by atoms with van der Waals surface area (Å²) in [4.78, 5) is 0. The molecule has 1 radical (unpaired) electrons. The van der Waals surface area contributed by atoms with Crippen molar-refractivity contribution in [3.05, 3.63) is 6.10 Å². The van der Waals surface area contributed by atoms with Gasteiger partial charge in [0.15, 0.2) is 0 Å². The minimum absolute atomic E-state index is 0.499. The average Bonchev–Trinajstić information content (AvgIpc) is 2.12. The molecule has 0 aliphatic carbocycles. The summed E-state index contributed by atoms with van der Waals surface area (Å²) < 4.78 is 10.6. The van der Waals surface area contributed by atoms with Gasteiger partial charge in [0.05, 0.1) is 19.3 Å². The molecule has 2 fully saturated rings. The van der Waals surface area contributed by atoms with Crippen LogP contribution in [0, 0.1) is 6.10 Å². The quantitative estimate of drug-likeness (QED) is 0.461. The highest BCUT2D eigenvalue weighted by molar-refractivity contribution is 4.92. The molecular formula is C6H9O2. The molecule has 0 aromatic heterocycles. The fourth-order valence-electron chi connectivity index (χ4n) is 1.20. The minimum Gasteiger partial charge on any atom is -0.375 e. The van der Waals surface area contributed by atoms with Crippen LogP contribution in [0.4, 0.5) is 0 Å². The van der Waals surface area contributed by atoms with Crippen molar-refractivity contribution in [1.29, 1.82) is 0 Å². The molecule has 2 heteroatoms. The van der Waals surface area contributed by atoms with Crippen molar-refractivity contribution in [2.24, 2.45) is 0 Å². The van der Waals surface area contributed by atoms with Gasteiger partial charge in [0.1, 0.15) is 6.10 Å². The number of hydrogen-bond donors (Lipinski definition) is 0. The van der Waals surface area contributed by atoms with Gasteiger partial charge in [-0.1, -0.05) is 0 Å². The fourth-order valence-corrected chi connectivity index (χ4v) is 1.20. The van der Waals surface area contributed by atoms with Crippen LogP contribution in [0.3, 0.4) is 0 Å². The van der Waals surface area contributed by atoms with Gasteiger partial charge >= 0.3 is 0 Å². The lowest BCUT2D eigenvalue weighted by Crippen LogP contribution is -2.15. The monoisotopic (exact) mass is 113 g/mol. The average molecular weight is 113 g/mol. The van der Waals surface area contributed by atoms with Gasteiger partial charge in [0, 0.05) is 6.42 Å². The maximum atomic E-state index is 5.31. The van der Waals surface area contributed by atoms with E-state index in [1.165, 1.54) is 0 Å². The third-order valence-electron chi connectivity index (χ3n) is 1.68. The first-order chi connectivity index (χ1) is 3.95. The molecule has 2 heterocycles. The van der Waals surface area contributed by atoms with Crippen molar-refractivity contribution in [2.45, 2.75) is 18.9 Å². The normalized spacial score (nSPS) is 38.2. The molecule has 2 aliphatic heterocycles. The van der Waals surface area contributed by atoms with Crippen molar-refractivity contribution in [3.63, 3.8) is 0 Å². The van der Waals surface area contributed by atoms with E-state index < -0.39 is 0 Å². The maximum absolute atomic E-state index is 5.31. The summed E-state index contributed by atoms with van der Waals surface area (Å²) in [5.41, 5.74) is 0. The third kappa shape index (κ3) is 0.644. The molecule has 8 heavy (non-hydrogen) atoms. The van der Waals surface area contributed by atoms with Gasteiger partial charge < -0.3 is 9.47 Å². The fraction of sp³-hybridized carbons (Fsp3) is 0.833. The van der Waals surface area contributed by atoms with Crippen molar-refractivity contribution < 1.29 is 9.47 Å². The van der Waals surface area contributed by atoms with Crippen LogP contribution in [0.25, 0.3) is 0 Å². The Hall–Kier alpha value is -0.0800. The molecule has 0 unspecified atom stereocenters. The van der Waals surface area contributed by atoms with Crippen LogP contribution in [-0.2, 0) is 9.47 Å². The molecule has 2 nitrogen and oxygen atoms in total. The van der Waals surface area contributed by atoms with Crippen molar-refractivity contribution in [1.82, 2.24) is 0 Å². The highest BCUT2D eigenvalue weighted by Gasteiger charge is 2.30. The van der Waals surface area contributed by atoms with Gasteiger partial charge in [-0.2, -0.15) is 0 Å². The molecular weight excluding hydrogens is 104 g/mol. The summed E-state index contributed by atoms with van der Waals surface area (Å²) in [6.07, 6.45) is 3.80. The minimum atomic E-state index is 0.499. The second-order valence-electron chi connectivity index (χ2n) is 2.31. The van der Waals surface area contributed by atoms with Crippen LogP contribution in [-0.4, -0.2) is 19.3 Å². The van der Waals surface area contributed by atoms with E-state index >= 15 is 0 Å². The van der Waals surface area contributed by atoms with E-state index in [0.29, 0.717) is 6.10 Å². The first-order valence-corrected chi connectivity index (χ1v) is 3.04. The summed E-state index contributed by atoms with van der Waals surface area (Å²) in [7, 11) is 0. The molecule has 1 atom stereocenters. The Kier molecular flexibility index (Phi) is 1.02. The first-order valence-electron chi connectivity index (χ1n) is 3.04. The molecule has 0 aromatic rings. The Morgan fingerprint density at radius 1 is 1.50 bits per heavy atom. The summed E-state index contributed by atoms with van der Waals surface area (Å²) in [5, 5.41) is 0. The zero-order chi connectivity index (χ0) is 5.40. The Bertz CT molecular complexity index is 78.5. The second-order valence-corrected chi connectivity index (χ2v) is 2.31. The van der Waals surface area contributed by atoms with Crippen LogP contribution in [0.5, 0.6) is 0 Å². The van der Waals surface area contributed by atoms with Crippen LogP contribution in [0.1, 0.15) is 12.8 Å². The zero-order valence-electron chi connectivity index (χ0n) is 4.72. The maximum Gasteiger partial charge on any atom is 0.125 e. The lowest BCUT2D eigenvalue weighted by atomic mass is 10.1. The zero-order valence-corrected chi connectivity index (χ0v) is 4.72. The molecule has 2 saturated heterocycles. The Morgan fingerprint density at radius 3 is 3.25 bits per heavy atom. The predicted molar refractivity (Wildman–Crippen MR) is 28.2 cm³/mol. The van der Waals surface area contributed by atoms with Gasteiger partial charge in [-0.3, -0.25) is 0 Å². The molecule has 0 N–H and O–H groups in total. The summed E-state index contributed by atoms with van der Waals surface area (Å²) in [6, 6.07) is 0. The Morgan fingerprint density at radius 2 is 2.50 bits per heavy atom. The van der Waals surface area contributed by atoms with Crippen LogP contribution < -0.4 is 0 Å². The Balaban J connectivity index is 2.03. The standard InChI is InChI=1S/C6H9O2/c1-2-7-6-3-5(1)8-4-6/h5H,1-4H2/t5-/m1/s1. The largest absolute Gasteiger partial charge is 0.375 e. The summed E-state index contributed by atoms with van der Waals surface area (Å²) >= 11 is 0. The van der Waals surface area contributed by atoms with Gasteiger partial charge in [-0.05, 0) is 6.42 Å². The molecule has 2 aliphatic rings. The number of fused-ring (bicyclic) bond motifs is 2. The number of hydrogen-bond acceptors (Lipinski definition) is 2. The Labute approximate surface area is 48.8 Å². The number of ether oxygens (including phenoxy) is 2. The summed E-state index contributed by atoms with van der Waals surface area (Å²) in [5.74, 6) is 0. The van der Waals surface area contributed by atoms with E-state index in [4.69, 9.17) is 9.47 Å². The molecule has 0 aromatic carbocycles. The summed E-state index contributed by atoms with van der Waals surface area (Å²) in [6.45, 7) is 1.63. The molecule has 0 amide bonds. The van der Waals surface area contributed by atoms with E-state index in [0.717, 1.165) is 32.2 Å². The van der Waals surface area contributed by atoms with Gasteiger partial charge in [-0.15, -0.1) is 0 Å². The SMILES string of the molecule is C1C[C@@H]2C[C](CO2)O1. The van der Waals surface area contributed by atoms with Crippen LogP contribution in [0.15, 0.2) is 0 Å². The molecule has 2 bridgehead atoms. The van der Waals surface area contributed by atoms with Gasteiger partial charge in [-0.25, -0.2) is 0 Å². The molecule has 2 rings (SSSR count). The third-order valence-corrected chi connectivity index (χ3v) is 1.68. The highest BCUT2D eigenvalue weighted by Crippen LogP contribution is 2.29. The molecule has 45 valence electrons. The lowest BCUT2D eigenvalue weighted by Gasteiger charge is -2.14. The van der Waals surface area contributed by atoms with Gasteiger partial charge in [0.2, 0.25) is 0 Å². The smallest absolute Gasteiger partial charge is 0.125 e. The molecule has 0 saturated carbocycles. The van der Waals surface area contributed by atoms with E-state index in [-0.39, 0.29) is 0 Å². The van der Waals surface area contributed by atoms with Gasteiger partial charge in [0.25, 0.3) is 0 Å². The predicted octanol–water partition coefficient (Wildman–Crippen LogP) is 0.728. The topological polar surface area (TPSA) is 18.5 Å². The van der Waals surface area contributed by atoms with E-state index in [1.54, 1.807) is 0 Å². The second kappa shape index (κ2) is 1.71. The van der Waals surface area contributed by atoms with Crippen LogP contribution in [0.2, 0.25) is 0 Å². The van der Waals surface area contributed by atoms with E-state index in [1.807, 2.05) is 0 Å². The van der Waals surface area contributed by atoms with Crippen LogP contribution >= 0.6 is 0 Å². The first kappa shape index (κ1) is 4.77. The van der Waals surface area contributed by atoms with E-state index in [9.17, 15) is 0 Å². The van der Waals surface area contributed by atoms with E-state index in [2.05, 4.69) is 0 Å². The van der Waals surface area contributed by atoms with Crippen molar-refractivity contribution in [3.8, 4) is 0 Å².